The topological polar surface area (TPSA) is 118 Å². The van der Waals surface area contributed by atoms with E-state index in [1.54, 1.807) is 32.2 Å². The van der Waals surface area contributed by atoms with E-state index in [1.165, 1.54) is 36.7 Å². The average molecular weight is 574 g/mol. The van der Waals surface area contributed by atoms with Gasteiger partial charge in [-0.2, -0.15) is 13.2 Å². The number of carbonyl (C=O) groups is 2. The molecule has 0 aliphatic heterocycles. The summed E-state index contributed by atoms with van der Waals surface area (Å²) in [7, 11) is 0. The van der Waals surface area contributed by atoms with Crippen LogP contribution in [-0.2, 0) is 9.53 Å². The second-order valence-electron chi connectivity index (χ2n) is 10.4. The largest absolute Gasteiger partial charge is 0.490 e. The van der Waals surface area contributed by atoms with Gasteiger partial charge in [-0.1, -0.05) is 32.0 Å². The van der Waals surface area contributed by atoms with Crippen LogP contribution < -0.4 is 10.9 Å². The summed E-state index contributed by atoms with van der Waals surface area (Å²) in [5, 5.41) is 7.05. The summed E-state index contributed by atoms with van der Waals surface area (Å²) in [5.74, 6) is -4.04. The fraction of sp³-hybridized carbons (Fsp3) is 0.321. The van der Waals surface area contributed by atoms with Crippen molar-refractivity contribution in [2.75, 3.05) is 0 Å². The number of hydrogen-bond donors (Lipinski definition) is 2. The molecule has 0 radical (unpaired) electrons. The number of carbonyl (C=O) groups excluding carboxylic acids is 2. The Bertz CT molecular complexity index is 1660. The Hall–Kier alpha value is -4.55. The zero-order chi connectivity index (χ0) is 30.3. The highest BCUT2D eigenvalue weighted by Crippen LogP contribution is 2.33. The van der Waals surface area contributed by atoms with E-state index < -0.39 is 41.1 Å². The highest BCUT2D eigenvalue weighted by Gasteiger charge is 2.46. The molecule has 0 unspecified atom stereocenters. The fourth-order valence-electron chi connectivity index (χ4n) is 4.48. The number of benzene rings is 1. The van der Waals surface area contributed by atoms with Gasteiger partial charge < -0.3 is 15.0 Å². The van der Waals surface area contributed by atoms with Crippen molar-refractivity contribution in [2.24, 2.45) is 0 Å². The predicted octanol–water partition coefficient (Wildman–Crippen LogP) is 5.01. The van der Waals surface area contributed by atoms with Crippen LogP contribution in [-0.4, -0.2) is 43.2 Å². The maximum Gasteiger partial charge on any atom is 0.490 e. The number of fused-ring (bicyclic) bond motifs is 1. The number of aromatic amines is 1. The summed E-state index contributed by atoms with van der Waals surface area (Å²) in [6.07, 6.45) is -2.34. The number of esters is 1. The molecule has 4 aromatic rings. The van der Waals surface area contributed by atoms with Gasteiger partial charge in [-0.15, -0.1) is 5.10 Å². The van der Waals surface area contributed by atoms with Gasteiger partial charge >= 0.3 is 12.1 Å². The molecule has 0 fully saturated rings. The van der Waals surface area contributed by atoms with Gasteiger partial charge in [0.25, 0.3) is 11.5 Å². The van der Waals surface area contributed by atoms with E-state index in [2.05, 4.69) is 20.4 Å². The second-order valence-corrected chi connectivity index (χ2v) is 10.4. The maximum absolute atomic E-state index is 13.7. The van der Waals surface area contributed by atoms with Crippen LogP contribution in [0.1, 0.15) is 66.7 Å². The molecule has 3 aromatic heterocycles. The van der Waals surface area contributed by atoms with Crippen LogP contribution in [0.15, 0.2) is 53.6 Å². The van der Waals surface area contributed by atoms with E-state index >= 15 is 0 Å². The number of nitrogens with one attached hydrogen (secondary N) is 2. The molecule has 2 N–H and O–H groups in total. The van der Waals surface area contributed by atoms with Crippen molar-refractivity contribution in [3.05, 3.63) is 87.2 Å². The van der Waals surface area contributed by atoms with Crippen LogP contribution in [0.25, 0.3) is 17.0 Å². The molecule has 0 aliphatic rings. The molecule has 1 atom stereocenters. The Morgan fingerprint density at radius 3 is 2.29 bits per heavy atom. The van der Waals surface area contributed by atoms with Gasteiger partial charge in [0.1, 0.15) is 22.6 Å². The van der Waals surface area contributed by atoms with E-state index in [9.17, 15) is 31.9 Å². The highest BCUT2D eigenvalue weighted by molar-refractivity contribution is 5.98. The van der Waals surface area contributed by atoms with Gasteiger partial charge in [-0.3, -0.25) is 14.6 Å². The molecule has 13 heteroatoms. The highest BCUT2D eigenvalue weighted by atomic mass is 19.4. The summed E-state index contributed by atoms with van der Waals surface area (Å²) >= 11 is 0. The predicted molar refractivity (Wildman–Crippen MR) is 141 cm³/mol. The van der Waals surface area contributed by atoms with Crippen molar-refractivity contribution < 1.29 is 31.9 Å². The summed E-state index contributed by atoms with van der Waals surface area (Å²) < 4.78 is 58.8. The summed E-state index contributed by atoms with van der Waals surface area (Å²) in [6.45, 7) is 7.75. The van der Waals surface area contributed by atoms with E-state index in [1.807, 2.05) is 6.92 Å². The molecule has 0 saturated heterocycles. The monoisotopic (exact) mass is 573 g/mol. The van der Waals surface area contributed by atoms with Gasteiger partial charge in [0.15, 0.2) is 5.82 Å². The number of aromatic nitrogens is 4. The molecular formula is C28H27F4N5O4. The van der Waals surface area contributed by atoms with Crippen molar-refractivity contribution in [3.8, 4) is 11.5 Å². The Morgan fingerprint density at radius 1 is 1.07 bits per heavy atom. The van der Waals surface area contributed by atoms with Gasteiger partial charge in [-0.25, -0.2) is 13.7 Å². The average Bonchev–Trinajstić information content (AvgIpc) is 3.28. The SMILES string of the molecule is Cc1ccc(-c2nn3cc(C(=O)N[C@@H](c4ccc(F)cc4)C(C)(C)OC(=O)C(F)(F)F)c(C(C)C)c3c(=O)[nH]2)nc1. The minimum Gasteiger partial charge on any atom is -0.450 e. The van der Waals surface area contributed by atoms with Crippen molar-refractivity contribution in [2.45, 2.75) is 58.4 Å². The van der Waals surface area contributed by atoms with Gasteiger partial charge in [0.2, 0.25) is 0 Å². The Kier molecular flexibility index (Phi) is 7.74. The fourth-order valence-corrected chi connectivity index (χ4v) is 4.48. The van der Waals surface area contributed by atoms with E-state index in [4.69, 9.17) is 4.74 Å². The minimum absolute atomic E-state index is 0.0251. The lowest BCUT2D eigenvalue weighted by Crippen LogP contribution is -2.47. The molecule has 1 aromatic carbocycles. The number of halogens is 4. The van der Waals surface area contributed by atoms with Crippen LogP contribution in [0.5, 0.6) is 0 Å². The minimum atomic E-state index is -5.28. The molecule has 0 saturated carbocycles. The third kappa shape index (κ3) is 6.13. The van der Waals surface area contributed by atoms with Crippen LogP contribution in [0.4, 0.5) is 17.6 Å². The molecule has 216 valence electrons. The lowest BCUT2D eigenvalue weighted by molar-refractivity contribution is -0.213. The van der Waals surface area contributed by atoms with E-state index in [-0.39, 0.29) is 28.4 Å². The number of H-pyrrole nitrogens is 1. The Balaban J connectivity index is 1.79. The van der Waals surface area contributed by atoms with Crippen LogP contribution in [0.3, 0.4) is 0 Å². The number of pyridine rings is 1. The summed E-state index contributed by atoms with van der Waals surface area (Å²) in [6, 6.07) is 6.77. The molecule has 9 nitrogen and oxygen atoms in total. The van der Waals surface area contributed by atoms with Crippen molar-refractivity contribution in [3.63, 3.8) is 0 Å². The van der Waals surface area contributed by atoms with Crippen LogP contribution >= 0.6 is 0 Å². The first kappa shape index (κ1) is 29.4. The molecule has 0 aliphatic carbocycles. The Labute approximate surface area is 231 Å². The first-order valence-electron chi connectivity index (χ1n) is 12.5. The first-order chi connectivity index (χ1) is 19.1. The number of hydrogen-bond acceptors (Lipinski definition) is 6. The second kappa shape index (κ2) is 10.8. The molecule has 41 heavy (non-hydrogen) atoms. The van der Waals surface area contributed by atoms with Crippen molar-refractivity contribution >= 4 is 17.4 Å². The molecular weight excluding hydrogens is 546 g/mol. The van der Waals surface area contributed by atoms with E-state index in [0.717, 1.165) is 17.7 Å². The van der Waals surface area contributed by atoms with Gasteiger partial charge in [0.05, 0.1) is 11.6 Å². The molecule has 0 spiro atoms. The third-order valence-corrected chi connectivity index (χ3v) is 6.42. The standard InChI is InChI=1S/C28H27F4N5O4/c1-14(2)20-18(13-37-21(20)25(39)35-23(36-37)19-11-6-15(3)12-33-19)24(38)34-22(16-7-9-17(29)10-8-16)27(4,5)41-26(40)28(30,31)32/h6-14,22H,1-5H3,(H,34,38)(H,35,36,39)/t22-/m0/s1. The number of alkyl halides is 3. The van der Waals surface area contributed by atoms with Gasteiger partial charge in [-0.05, 0) is 56.0 Å². The number of ether oxygens (including phenoxy) is 1. The Morgan fingerprint density at radius 2 is 1.73 bits per heavy atom. The number of aryl methyl sites for hydroxylation is 1. The molecule has 3 heterocycles. The lowest BCUT2D eigenvalue weighted by atomic mass is 9.90. The van der Waals surface area contributed by atoms with E-state index in [0.29, 0.717) is 11.3 Å². The maximum atomic E-state index is 13.7. The number of rotatable bonds is 7. The first-order valence-corrected chi connectivity index (χ1v) is 12.5. The summed E-state index contributed by atoms with van der Waals surface area (Å²) in [4.78, 5) is 45.6. The van der Waals surface area contributed by atoms with Crippen molar-refractivity contribution in [1.82, 2.24) is 24.9 Å². The molecule has 4 rings (SSSR count). The normalized spacial score (nSPS) is 12.9. The molecule has 1 amide bonds. The zero-order valence-electron chi connectivity index (χ0n) is 22.8. The number of amides is 1. The quantitative estimate of drug-likeness (QED) is 0.237. The zero-order valence-corrected chi connectivity index (χ0v) is 22.8. The van der Waals surface area contributed by atoms with Crippen LogP contribution in [0, 0.1) is 12.7 Å². The lowest BCUT2D eigenvalue weighted by Gasteiger charge is -2.35. The number of nitrogens with zero attached hydrogens (tertiary/aromatic N) is 3. The third-order valence-electron chi connectivity index (χ3n) is 6.42. The molecule has 0 bridgehead atoms. The van der Waals surface area contributed by atoms with Gasteiger partial charge in [0, 0.05) is 18.0 Å². The van der Waals surface area contributed by atoms with Crippen molar-refractivity contribution in [1.29, 1.82) is 0 Å². The summed E-state index contributed by atoms with van der Waals surface area (Å²) in [5.41, 5.74) is -0.532. The van der Waals surface area contributed by atoms with Crippen LogP contribution in [0.2, 0.25) is 0 Å². The smallest absolute Gasteiger partial charge is 0.450 e.